The van der Waals surface area contributed by atoms with Gasteiger partial charge in [-0.2, -0.15) is 0 Å². The van der Waals surface area contributed by atoms with Gasteiger partial charge in [-0.1, -0.05) is 37.1 Å². The van der Waals surface area contributed by atoms with Crippen molar-refractivity contribution >= 4 is 23.2 Å². The van der Waals surface area contributed by atoms with Gasteiger partial charge in [0.1, 0.15) is 11.4 Å². The quantitative estimate of drug-likeness (QED) is 0.126. The van der Waals surface area contributed by atoms with Crippen LogP contribution in [0, 0.1) is 13.8 Å². The van der Waals surface area contributed by atoms with Crippen molar-refractivity contribution in [3.63, 3.8) is 0 Å². The molecule has 2 aromatic carbocycles. The molecule has 4 N–H and O–H groups in total. The molecule has 0 atom stereocenters. The summed E-state index contributed by atoms with van der Waals surface area (Å²) in [5, 5.41) is 13.2. The maximum Gasteiger partial charge on any atom is 0.274 e. The van der Waals surface area contributed by atoms with Crippen LogP contribution in [0.3, 0.4) is 0 Å². The molecule has 7 rings (SSSR count). The number of amides is 2. The van der Waals surface area contributed by atoms with Gasteiger partial charge >= 0.3 is 0 Å². The molecule has 8 nitrogen and oxygen atoms in total. The highest BCUT2D eigenvalue weighted by atomic mass is 16.2. The van der Waals surface area contributed by atoms with E-state index in [1.807, 2.05) is 69.7 Å². The summed E-state index contributed by atoms with van der Waals surface area (Å²) in [5.74, 6) is 0.616. The Kier molecular flexibility index (Phi) is 9.37. The van der Waals surface area contributed by atoms with Crippen LogP contribution in [0.15, 0.2) is 60.9 Å². The third-order valence-electron chi connectivity index (χ3n) is 10.3. The monoisotopic (exact) mass is 642 g/mol. The van der Waals surface area contributed by atoms with Gasteiger partial charge in [0.25, 0.3) is 11.8 Å². The van der Waals surface area contributed by atoms with E-state index < -0.39 is 0 Å². The summed E-state index contributed by atoms with van der Waals surface area (Å²) in [6.45, 7) is 5.59. The van der Waals surface area contributed by atoms with Crippen LogP contribution in [-0.4, -0.2) is 34.9 Å². The Labute approximate surface area is 283 Å². The Morgan fingerprint density at radius 1 is 0.688 bits per heavy atom. The number of hydrogen-bond acceptors (Lipinski definition) is 6. The number of benzene rings is 2. The Balaban J connectivity index is 1.08. The zero-order chi connectivity index (χ0) is 33.2. The second-order valence-electron chi connectivity index (χ2n) is 13.8. The Hall–Kier alpha value is -4.40. The summed E-state index contributed by atoms with van der Waals surface area (Å²) in [6.07, 6.45) is 13.5. The lowest BCUT2D eigenvalue weighted by molar-refractivity contribution is 0.101. The van der Waals surface area contributed by atoms with Crippen LogP contribution >= 0.6 is 0 Å². The second-order valence-corrected chi connectivity index (χ2v) is 13.8. The molecule has 8 heteroatoms. The van der Waals surface area contributed by atoms with Gasteiger partial charge < -0.3 is 21.3 Å². The van der Waals surface area contributed by atoms with Crippen molar-refractivity contribution in [3.05, 3.63) is 106 Å². The van der Waals surface area contributed by atoms with E-state index in [0.29, 0.717) is 29.3 Å². The van der Waals surface area contributed by atoms with Crippen molar-refractivity contribution in [2.45, 2.75) is 96.2 Å². The number of pyridine rings is 2. The Morgan fingerprint density at radius 3 is 1.62 bits per heavy atom. The number of nitrogens with one attached hydrogen (secondary N) is 4. The van der Waals surface area contributed by atoms with Gasteiger partial charge in [0.15, 0.2) is 0 Å². The second kappa shape index (κ2) is 14.0. The van der Waals surface area contributed by atoms with E-state index in [-0.39, 0.29) is 11.8 Å². The topological polar surface area (TPSA) is 108 Å². The van der Waals surface area contributed by atoms with Gasteiger partial charge in [0.05, 0.1) is 0 Å². The van der Waals surface area contributed by atoms with Gasteiger partial charge in [0, 0.05) is 42.9 Å². The average Bonchev–Trinajstić information content (AvgIpc) is 4.04. The van der Waals surface area contributed by atoms with E-state index in [0.717, 1.165) is 65.1 Å². The van der Waals surface area contributed by atoms with Crippen LogP contribution in [-0.2, 0) is 13.1 Å². The minimum absolute atomic E-state index is 0.205. The molecule has 3 saturated carbocycles. The lowest BCUT2D eigenvalue weighted by Crippen LogP contribution is -2.26. The van der Waals surface area contributed by atoms with Crippen LogP contribution < -0.4 is 21.3 Å². The predicted molar refractivity (Wildman–Crippen MR) is 192 cm³/mol. The summed E-state index contributed by atoms with van der Waals surface area (Å²) >= 11 is 0. The van der Waals surface area contributed by atoms with E-state index in [1.165, 1.54) is 55.2 Å². The minimum atomic E-state index is -0.218. The maximum absolute atomic E-state index is 13.5. The Bertz CT molecular complexity index is 1840. The smallest absolute Gasteiger partial charge is 0.274 e. The maximum atomic E-state index is 13.5. The molecule has 0 bridgehead atoms. The molecule has 2 aromatic heterocycles. The van der Waals surface area contributed by atoms with Crippen molar-refractivity contribution in [2.24, 2.45) is 0 Å². The number of carbonyl (C=O) groups excluding carboxylic acids is 2. The molecule has 48 heavy (non-hydrogen) atoms. The SMILES string of the molecule is CNCc1cnc(C(=O)Nc2cccc(-c3cccc(NC(=O)c4cc(C5CC5)c(CNC5CCCC5)cn4)c3C)c2C)cc1C1CC1. The van der Waals surface area contributed by atoms with Crippen molar-refractivity contribution in [2.75, 3.05) is 17.7 Å². The molecule has 0 saturated heterocycles. The average molecular weight is 643 g/mol. The van der Waals surface area contributed by atoms with E-state index in [4.69, 9.17) is 0 Å². The van der Waals surface area contributed by atoms with Crippen molar-refractivity contribution < 1.29 is 9.59 Å². The first-order valence-corrected chi connectivity index (χ1v) is 17.6. The van der Waals surface area contributed by atoms with Crippen molar-refractivity contribution in [1.82, 2.24) is 20.6 Å². The summed E-state index contributed by atoms with van der Waals surface area (Å²) in [6, 6.07) is 16.4. The first kappa shape index (κ1) is 32.2. The zero-order valence-corrected chi connectivity index (χ0v) is 28.3. The van der Waals surface area contributed by atoms with Gasteiger partial charge in [-0.3, -0.25) is 19.6 Å². The lowest BCUT2D eigenvalue weighted by atomic mass is 9.94. The first-order chi connectivity index (χ1) is 23.4. The van der Waals surface area contributed by atoms with Gasteiger partial charge in [-0.05, 0) is 140 Å². The molecule has 4 aromatic rings. The third kappa shape index (κ3) is 7.05. The molecule has 0 aliphatic heterocycles. The summed E-state index contributed by atoms with van der Waals surface area (Å²) in [7, 11) is 1.93. The van der Waals surface area contributed by atoms with Crippen LogP contribution in [0.5, 0.6) is 0 Å². The van der Waals surface area contributed by atoms with Crippen molar-refractivity contribution in [3.8, 4) is 11.1 Å². The fourth-order valence-corrected chi connectivity index (χ4v) is 7.16. The minimum Gasteiger partial charge on any atom is -0.320 e. The van der Waals surface area contributed by atoms with E-state index in [1.54, 1.807) is 0 Å². The van der Waals surface area contributed by atoms with E-state index in [9.17, 15) is 9.59 Å². The van der Waals surface area contributed by atoms with E-state index >= 15 is 0 Å². The zero-order valence-electron chi connectivity index (χ0n) is 28.3. The Morgan fingerprint density at radius 2 is 1.17 bits per heavy atom. The molecule has 2 amide bonds. The molecule has 0 unspecified atom stereocenters. The van der Waals surface area contributed by atoms with Gasteiger partial charge in [-0.25, -0.2) is 0 Å². The van der Waals surface area contributed by atoms with Gasteiger partial charge in [-0.15, -0.1) is 0 Å². The number of nitrogens with zero attached hydrogens (tertiary/aromatic N) is 2. The molecule has 2 heterocycles. The molecule has 248 valence electrons. The number of rotatable bonds is 12. The van der Waals surface area contributed by atoms with Crippen LogP contribution in [0.2, 0.25) is 0 Å². The highest BCUT2D eigenvalue weighted by Crippen LogP contribution is 2.43. The van der Waals surface area contributed by atoms with Crippen LogP contribution in [0.4, 0.5) is 11.4 Å². The van der Waals surface area contributed by atoms with E-state index in [2.05, 4.69) is 43.4 Å². The molecular formula is C40H46N6O2. The fraction of sp³-hybridized carbons (Fsp3) is 0.400. The third-order valence-corrected chi connectivity index (χ3v) is 10.3. The normalized spacial score (nSPS) is 16.2. The number of carbonyl (C=O) groups is 2. The number of aromatic nitrogens is 2. The highest BCUT2D eigenvalue weighted by Gasteiger charge is 2.29. The van der Waals surface area contributed by atoms with Crippen LogP contribution in [0.1, 0.15) is 118 Å². The molecule has 0 radical (unpaired) electrons. The number of hydrogen-bond donors (Lipinski definition) is 4. The van der Waals surface area contributed by atoms with Crippen molar-refractivity contribution in [1.29, 1.82) is 0 Å². The summed E-state index contributed by atoms with van der Waals surface area (Å²) in [5.41, 5.74) is 11.1. The van der Waals surface area contributed by atoms with Crippen LogP contribution in [0.25, 0.3) is 11.1 Å². The highest BCUT2D eigenvalue weighted by molar-refractivity contribution is 6.05. The van der Waals surface area contributed by atoms with Gasteiger partial charge in [0.2, 0.25) is 0 Å². The molecule has 3 aliphatic rings. The lowest BCUT2D eigenvalue weighted by Gasteiger charge is -2.17. The predicted octanol–water partition coefficient (Wildman–Crippen LogP) is 7.77. The molecule has 3 fully saturated rings. The largest absolute Gasteiger partial charge is 0.320 e. The molecule has 3 aliphatic carbocycles. The summed E-state index contributed by atoms with van der Waals surface area (Å²) < 4.78 is 0. The molecule has 0 spiro atoms. The number of anilines is 2. The standard InChI is InChI=1S/C40H46N6O2/c1-24-31(10-6-12-35(24)45-39(47)37-18-33(26-14-15-26)28(20-41-3)22-43-37)32-11-7-13-36(25(32)2)46-40(48)38-19-34(27-16-17-27)29(23-44-38)21-42-30-8-4-5-9-30/h6-7,10-13,18-19,22-23,26-27,30,41-42H,4-5,8-9,14-17,20-21H2,1-3H3,(H,45,47)(H,46,48). The fourth-order valence-electron chi connectivity index (χ4n) is 7.16. The summed E-state index contributed by atoms with van der Waals surface area (Å²) in [4.78, 5) is 36.1. The first-order valence-electron chi connectivity index (χ1n) is 17.6. The molecular weight excluding hydrogens is 596 g/mol.